The number of hydrogen-bond donors (Lipinski definition) is 3. The summed E-state index contributed by atoms with van der Waals surface area (Å²) in [6.07, 6.45) is 2.05. The van der Waals surface area contributed by atoms with E-state index >= 15 is 0 Å². The zero-order chi connectivity index (χ0) is 13.5. The number of anilines is 2. The second kappa shape index (κ2) is 6.83. The van der Waals surface area contributed by atoms with Gasteiger partial charge < -0.3 is 16.0 Å². The van der Waals surface area contributed by atoms with Crippen LogP contribution in [0.25, 0.3) is 0 Å². The number of carbonyl (C=O) groups is 1. The molecule has 0 spiro atoms. The molecule has 1 rings (SSSR count). The van der Waals surface area contributed by atoms with Crippen LogP contribution >= 0.6 is 0 Å². The van der Waals surface area contributed by atoms with Crippen molar-refractivity contribution in [2.24, 2.45) is 0 Å². The SMILES string of the molecule is CCCCNC(=O)c1c(C)cc(NC)nc1NC. The predicted molar refractivity (Wildman–Crippen MR) is 75.3 cm³/mol. The van der Waals surface area contributed by atoms with E-state index in [-0.39, 0.29) is 5.91 Å². The largest absolute Gasteiger partial charge is 0.373 e. The number of hydrogen-bond acceptors (Lipinski definition) is 4. The maximum absolute atomic E-state index is 12.1. The average Bonchev–Trinajstić information content (AvgIpc) is 2.37. The van der Waals surface area contributed by atoms with Crippen LogP contribution in [0.3, 0.4) is 0 Å². The number of amides is 1. The number of nitrogens with one attached hydrogen (secondary N) is 3. The van der Waals surface area contributed by atoms with Crippen molar-refractivity contribution >= 4 is 17.5 Å². The number of aryl methyl sites for hydroxylation is 1. The van der Waals surface area contributed by atoms with E-state index in [0.717, 1.165) is 24.2 Å². The highest BCUT2D eigenvalue weighted by Gasteiger charge is 2.15. The van der Waals surface area contributed by atoms with Gasteiger partial charge in [-0.3, -0.25) is 4.79 Å². The molecular weight excluding hydrogens is 228 g/mol. The van der Waals surface area contributed by atoms with Crippen molar-refractivity contribution in [1.82, 2.24) is 10.3 Å². The summed E-state index contributed by atoms with van der Waals surface area (Å²) in [6, 6.07) is 1.87. The van der Waals surface area contributed by atoms with Gasteiger partial charge in [0.1, 0.15) is 11.6 Å². The van der Waals surface area contributed by atoms with Gasteiger partial charge >= 0.3 is 0 Å². The first-order valence-corrected chi connectivity index (χ1v) is 6.29. The smallest absolute Gasteiger partial charge is 0.255 e. The molecule has 0 saturated carbocycles. The topological polar surface area (TPSA) is 66.0 Å². The highest BCUT2D eigenvalue weighted by atomic mass is 16.1. The molecule has 0 bridgehead atoms. The second-order valence-corrected chi connectivity index (χ2v) is 4.16. The van der Waals surface area contributed by atoms with Crippen LogP contribution in [0.5, 0.6) is 0 Å². The molecule has 3 N–H and O–H groups in total. The number of aromatic nitrogens is 1. The van der Waals surface area contributed by atoms with Crippen molar-refractivity contribution in [3.05, 3.63) is 17.2 Å². The van der Waals surface area contributed by atoms with Crippen LogP contribution in [0.2, 0.25) is 0 Å². The summed E-state index contributed by atoms with van der Waals surface area (Å²) < 4.78 is 0. The Labute approximate surface area is 108 Å². The van der Waals surface area contributed by atoms with Crippen molar-refractivity contribution in [2.75, 3.05) is 31.3 Å². The Bertz CT molecular complexity index is 418. The fourth-order valence-electron chi connectivity index (χ4n) is 1.74. The zero-order valence-corrected chi connectivity index (χ0v) is 11.6. The molecule has 0 saturated heterocycles. The Balaban J connectivity index is 2.96. The van der Waals surface area contributed by atoms with E-state index in [1.54, 1.807) is 7.05 Å². The molecule has 1 aromatic heterocycles. The van der Waals surface area contributed by atoms with Crippen LogP contribution in [0.15, 0.2) is 6.07 Å². The fraction of sp³-hybridized carbons (Fsp3) is 0.538. The van der Waals surface area contributed by atoms with Crippen molar-refractivity contribution in [3.63, 3.8) is 0 Å². The Morgan fingerprint density at radius 2 is 2.06 bits per heavy atom. The minimum absolute atomic E-state index is 0.0690. The number of carbonyl (C=O) groups excluding carboxylic acids is 1. The third-order valence-electron chi connectivity index (χ3n) is 2.75. The molecule has 5 heteroatoms. The molecule has 0 aliphatic carbocycles. The summed E-state index contributed by atoms with van der Waals surface area (Å²) >= 11 is 0. The maximum atomic E-state index is 12.1. The van der Waals surface area contributed by atoms with Gasteiger partial charge in [-0.25, -0.2) is 4.98 Å². The van der Waals surface area contributed by atoms with Crippen LogP contribution in [0.4, 0.5) is 11.6 Å². The van der Waals surface area contributed by atoms with E-state index < -0.39 is 0 Å². The molecule has 0 aliphatic rings. The molecule has 100 valence electrons. The molecule has 0 aromatic carbocycles. The fourth-order valence-corrected chi connectivity index (χ4v) is 1.74. The molecule has 0 aliphatic heterocycles. The molecule has 0 radical (unpaired) electrons. The number of rotatable bonds is 6. The van der Waals surface area contributed by atoms with E-state index in [1.165, 1.54) is 0 Å². The molecule has 1 aromatic rings. The third kappa shape index (κ3) is 3.35. The van der Waals surface area contributed by atoms with Crippen LogP contribution < -0.4 is 16.0 Å². The summed E-state index contributed by atoms with van der Waals surface area (Å²) in [5.41, 5.74) is 1.53. The average molecular weight is 250 g/mol. The maximum Gasteiger partial charge on any atom is 0.255 e. The molecule has 0 atom stereocenters. The van der Waals surface area contributed by atoms with Gasteiger partial charge in [0.2, 0.25) is 0 Å². The molecule has 0 unspecified atom stereocenters. The minimum Gasteiger partial charge on any atom is -0.373 e. The summed E-state index contributed by atoms with van der Waals surface area (Å²) in [4.78, 5) is 16.4. The van der Waals surface area contributed by atoms with Crippen LogP contribution in [-0.2, 0) is 0 Å². The highest BCUT2D eigenvalue weighted by molar-refractivity contribution is 6.00. The van der Waals surface area contributed by atoms with Crippen molar-refractivity contribution in [3.8, 4) is 0 Å². The Kier molecular flexibility index (Phi) is 5.42. The van der Waals surface area contributed by atoms with Crippen molar-refractivity contribution < 1.29 is 4.79 Å². The van der Waals surface area contributed by atoms with Gasteiger partial charge in [0.25, 0.3) is 5.91 Å². The predicted octanol–water partition coefficient (Wildman–Crippen LogP) is 2.00. The van der Waals surface area contributed by atoms with E-state index in [2.05, 4.69) is 27.9 Å². The van der Waals surface area contributed by atoms with Gasteiger partial charge in [0.05, 0.1) is 5.56 Å². The van der Waals surface area contributed by atoms with Gasteiger partial charge in [-0.15, -0.1) is 0 Å². The molecule has 1 amide bonds. The van der Waals surface area contributed by atoms with Gasteiger partial charge in [-0.05, 0) is 25.0 Å². The Hall–Kier alpha value is -1.78. The lowest BCUT2D eigenvalue weighted by Crippen LogP contribution is -2.26. The normalized spacial score (nSPS) is 10.0. The molecule has 0 fully saturated rings. The van der Waals surface area contributed by atoms with Crippen LogP contribution in [0, 0.1) is 6.92 Å². The first kappa shape index (κ1) is 14.3. The summed E-state index contributed by atoms with van der Waals surface area (Å²) in [5, 5.41) is 8.86. The van der Waals surface area contributed by atoms with Crippen molar-refractivity contribution in [1.29, 1.82) is 0 Å². The first-order chi connectivity index (χ1) is 8.63. The summed E-state index contributed by atoms with van der Waals surface area (Å²) in [5.74, 6) is 1.29. The lowest BCUT2D eigenvalue weighted by molar-refractivity contribution is 0.0953. The van der Waals surface area contributed by atoms with Gasteiger partial charge in [0.15, 0.2) is 0 Å². The van der Waals surface area contributed by atoms with Crippen LogP contribution in [-0.4, -0.2) is 31.5 Å². The van der Waals surface area contributed by atoms with E-state index in [9.17, 15) is 4.79 Å². The highest BCUT2D eigenvalue weighted by Crippen LogP contribution is 2.20. The monoisotopic (exact) mass is 250 g/mol. The summed E-state index contributed by atoms with van der Waals surface area (Å²) in [6.45, 7) is 4.71. The third-order valence-corrected chi connectivity index (χ3v) is 2.75. The zero-order valence-electron chi connectivity index (χ0n) is 11.6. The minimum atomic E-state index is -0.0690. The van der Waals surface area contributed by atoms with E-state index in [1.807, 2.05) is 20.0 Å². The Morgan fingerprint density at radius 1 is 1.33 bits per heavy atom. The van der Waals surface area contributed by atoms with E-state index in [4.69, 9.17) is 0 Å². The molecule has 1 heterocycles. The number of unbranched alkanes of at least 4 members (excludes halogenated alkanes) is 1. The molecule has 18 heavy (non-hydrogen) atoms. The number of pyridine rings is 1. The van der Waals surface area contributed by atoms with Crippen molar-refractivity contribution in [2.45, 2.75) is 26.7 Å². The van der Waals surface area contributed by atoms with Gasteiger partial charge in [-0.2, -0.15) is 0 Å². The van der Waals surface area contributed by atoms with E-state index in [0.29, 0.717) is 17.9 Å². The second-order valence-electron chi connectivity index (χ2n) is 4.16. The lowest BCUT2D eigenvalue weighted by Gasteiger charge is -2.13. The van der Waals surface area contributed by atoms with Gasteiger partial charge in [0, 0.05) is 20.6 Å². The first-order valence-electron chi connectivity index (χ1n) is 6.29. The van der Waals surface area contributed by atoms with Gasteiger partial charge in [-0.1, -0.05) is 13.3 Å². The summed E-state index contributed by atoms with van der Waals surface area (Å²) in [7, 11) is 3.58. The number of nitrogens with zero attached hydrogens (tertiary/aromatic N) is 1. The molecular formula is C13H22N4O. The quantitative estimate of drug-likeness (QED) is 0.676. The Morgan fingerprint density at radius 3 is 2.61 bits per heavy atom. The lowest BCUT2D eigenvalue weighted by atomic mass is 10.1. The molecule has 5 nitrogen and oxygen atoms in total. The standard InChI is InChI=1S/C13H22N4O/c1-5-6-7-16-13(18)11-9(2)8-10(14-3)17-12(11)15-4/h8H,5-7H2,1-4H3,(H,16,18)(H2,14,15,17). The van der Waals surface area contributed by atoms with Crippen LogP contribution in [0.1, 0.15) is 35.7 Å².